The van der Waals surface area contributed by atoms with Gasteiger partial charge >= 0.3 is 0 Å². The van der Waals surface area contributed by atoms with Crippen LogP contribution in [0, 0.1) is 20.8 Å². The molecule has 0 aromatic heterocycles. The molecule has 0 heterocycles. The molecule has 98 valence electrons. The van der Waals surface area contributed by atoms with Crippen LogP contribution in [-0.4, -0.2) is 5.91 Å². The first kappa shape index (κ1) is 13.1. The molecule has 0 aliphatic carbocycles. The van der Waals surface area contributed by atoms with E-state index in [2.05, 4.69) is 5.32 Å². The van der Waals surface area contributed by atoms with Crippen LogP contribution in [0.5, 0.6) is 0 Å². The Morgan fingerprint density at radius 1 is 1.00 bits per heavy atom. The monoisotopic (exact) mass is 254 g/mol. The molecule has 0 saturated carbocycles. The second-order valence-electron chi connectivity index (χ2n) is 4.80. The van der Waals surface area contributed by atoms with Gasteiger partial charge in [-0.3, -0.25) is 4.79 Å². The van der Waals surface area contributed by atoms with Crippen LogP contribution in [0.15, 0.2) is 36.4 Å². The SMILES string of the molecule is Cc1ccc(N)cc1NC(=O)c1c(C)cccc1C. The highest BCUT2D eigenvalue weighted by atomic mass is 16.1. The lowest BCUT2D eigenvalue weighted by molar-refractivity contribution is 0.102. The molecule has 2 aromatic rings. The highest BCUT2D eigenvalue weighted by molar-refractivity contribution is 6.06. The Labute approximate surface area is 113 Å². The van der Waals surface area contributed by atoms with Gasteiger partial charge in [-0.15, -0.1) is 0 Å². The third-order valence-electron chi connectivity index (χ3n) is 3.22. The summed E-state index contributed by atoms with van der Waals surface area (Å²) < 4.78 is 0. The fraction of sp³-hybridized carbons (Fsp3) is 0.188. The van der Waals surface area contributed by atoms with Gasteiger partial charge in [0, 0.05) is 16.9 Å². The maximum absolute atomic E-state index is 12.4. The molecule has 0 radical (unpaired) electrons. The van der Waals surface area contributed by atoms with E-state index in [4.69, 9.17) is 5.73 Å². The van der Waals surface area contributed by atoms with Gasteiger partial charge in [0.2, 0.25) is 0 Å². The quantitative estimate of drug-likeness (QED) is 0.806. The van der Waals surface area contributed by atoms with E-state index in [1.54, 1.807) is 6.07 Å². The number of nitrogens with two attached hydrogens (primary N) is 1. The molecule has 3 nitrogen and oxygen atoms in total. The molecule has 0 aliphatic heterocycles. The van der Waals surface area contributed by atoms with Gasteiger partial charge in [0.05, 0.1) is 0 Å². The Bertz CT molecular complexity index is 612. The van der Waals surface area contributed by atoms with Crippen molar-refractivity contribution < 1.29 is 4.79 Å². The summed E-state index contributed by atoms with van der Waals surface area (Å²) in [7, 11) is 0. The normalized spacial score (nSPS) is 10.3. The van der Waals surface area contributed by atoms with Crippen molar-refractivity contribution in [2.45, 2.75) is 20.8 Å². The maximum Gasteiger partial charge on any atom is 0.256 e. The summed E-state index contributed by atoms with van der Waals surface area (Å²) in [5.41, 5.74) is 10.8. The Balaban J connectivity index is 2.34. The highest BCUT2D eigenvalue weighted by Gasteiger charge is 2.12. The third-order valence-corrected chi connectivity index (χ3v) is 3.22. The molecule has 0 spiro atoms. The summed E-state index contributed by atoms with van der Waals surface area (Å²) >= 11 is 0. The number of anilines is 2. The van der Waals surface area contributed by atoms with Gasteiger partial charge in [0.1, 0.15) is 0 Å². The molecule has 19 heavy (non-hydrogen) atoms. The number of hydrogen-bond donors (Lipinski definition) is 2. The van der Waals surface area contributed by atoms with Crippen LogP contribution in [0.4, 0.5) is 11.4 Å². The van der Waals surface area contributed by atoms with E-state index < -0.39 is 0 Å². The summed E-state index contributed by atoms with van der Waals surface area (Å²) in [6, 6.07) is 11.3. The van der Waals surface area contributed by atoms with Gasteiger partial charge in [-0.2, -0.15) is 0 Å². The van der Waals surface area contributed by atoms with Crippen molar-refractivity contribution in [3.63, 3.8) is 0 Å². The summed E-state index contributed by atoms with van der Waals surface area (Å²) in [6.07, 6.45) is 0. The molecule has 3 heteroatoms. The number of benzene rings is 2. The van der Waals surface area contributed by atoms with Crippen molar-refractivity contribution in [2.75, 3.05) is 11.1 Å². The second-order valence-corrected chi connectivity index (χ2v) is 4.80. The molecular weight excluding hydrogens is 236 g/mol. The van der Waals surface area contributed by atoms with E-state index in [9.17, 15) is 4.79 Å². The summed E-state index contributed by atoms with van der Waals surface area (Å²) in [5.74, 6) is -0.0932. The number of hydrogen-bond acceptors (Lipinski definition) is 2. The highest BCUT2D eigenvalue weighted by Crippen LogP contribution is 2.21. The zero-order valence-electron chi connectivity index (χ0n) is 11.4. The molecule has 2 rings (SSSR count). The van der Waals surface area contributed by atoms with E-state index in [1.165, 1.54) is 0 Å². The number of aryl methyl sites for hydroxylation is 3. The number of carbonyl (C=O) groups is 1. The molecule has 2 aromatic carbocycles. The number of rotatable bonds is 2. The third kappa shape index (κ3) is 2.76. The van der Waals surface area contributed by atoms with Crippen molar-refractivity contribution in [2.24, 2.45) is 0 Å². The van der Waals surface area contributed by atoms with Crippen molar-refractivity contribution in [1.82, 2.24) is 0 Å². The first-order valence-corrected chi connectivity index (χ1v) is 6.22. The standard InChI is InChI=1S/C16H18N2O/c1-10-7-8-13(17)9-14(10)18-16(19)15-11(2)5-4-6-12(15)3/h4-9H,17H2,1-3H3,(H,18,19). The van der Waals surface area contributed by atoms with Crippen LogP contribution >= 0.6 is 0 Å². The average Bonchev–Trinajstić information content (AvgIpc) is 2.33. The maximum atomic E-state index is 12.4. The lowest BCUT2D eigenvalue weighted by Crippen LogP contribution is -2.15. The topological polar surface area (TPSA) is 55.1 Å². The minimum absolute atomic E-state index is 0.0932. The number of nitrogens with one attached hydrogen (secondary N) is 1. The molecule has 0 unspecified atom stereocenters. The van der Waals surface area contributed by atoms with Gasteiger partial charge < -0.3 is 11.1 Å². The van der Waals surface area contributed by atoms with Gasteiger partial charge in [-0.25, -0.2) is 0 Å². The smallest absolute Gasteiger partial charge is 0.256 e. The molecule has 0 aliphatic rings. The average molecular weight is 254 g/mol. The summed E-state index contributed by atoms with van der Waals surface area (Å²) in [5, 5.41) is 2.93. The molecule has 0 bridgehead atoms. The van der Waals surface area contributed by atoms with Crippen molar-refractivity contribution in [3.8, 4) is 0 Å². The van der Waals surface area contributed by atoms with Crippen molar-refractivity contribution >= 4 is 17.3 Å². The summed E-state index contributed by atoms with van der Waals surface area (Å²) in [4.78, 5) is 12.4. The Morgan fingerprint density at radius 3 is 2.26 bits per heavy atom. The molecule has 1 amide bonds. The van der Waals surface area contributed by atoms with Gasteiger partial charge in [0.25, 0.3) is 5.91 Å². The van der Waals surface area contributed by atoms with Gasteiger partial charge in [-0.05, 0) is 49.6 Å². The van der Waals surface area contributed by atoms with Crippen LogP contribution in [0.25, 0.3) is 0 Å². The molecule has 0 saturated heterocycles. The van der Waals surface area contributed by atoms with E-state index in [0.29, 0.717) is 5.69 Å². The lowest BCUT2D eigenvalue weighted by atomic mass is 10.0. The second kappa shape index (κ2) is 5.14. The number of carbonyl (C=O) groups excluding carboxylic acids is 1. The zero-order valence-corrected chi connectivity index (χ0v) is 11.4. The fourth-order valence-corrected chi connectivity index (χ4v) is 2.13. The van der Waals surface area contributed by atoms with Crippen molar-refractivity contribution in [3.05, 3.63) is 58.7 Å². The molecule has 0 atom stereocenters. The van der Waals surface area contributed by atoms with Crippen LogP contribution in [-0.2, 0) is 0 Å². The molecule has 0 fully saturated rings. The molecule has 3 N–H and O–H groups in total. The van der Waals surface area contributed by atoms with E-state index in [-0.39, 0.29) is 5.91 Å². The predicted octanol–water partition coefficient (Wildman–Crippen LogP) is 3.45. The predicted molar refractivity (Wildman–Crippen MR) is 79.5 cm³/mol. The van der Waals surface area contributed by atoms with E-state index in [1.807, 2.05) is 51.1 Å². The zero-order chi connectivity index (χ0) is 14.0. The molecular formula is C16H18N2O. The minimum atomic E-state index is -0.0932. The largest absolute Gasteiger partial charge is 0.399 e. The fourth-order valence-electron chi connectivity index (χ4n) is 2.13. The van der Waals surface area contributed by atoms with Crippen LogP contribution < -0.4 is 11.1 Å². The first-order chi connectivity index (χ1) is 8.99. The van der Waals surface area contributed by atoms with Crippen LogP contribution in [0.2, 0.25) is 0 Å². The van der Waals surface area contributed by atoms with E-state index in [0.717, 1.165) is 27.9 Å². The van der Waals surface area contributed by atoms with Gasteiger partial charge in [0.15, 0.2) is 0 Å². The minimum Gasteiger partial charge on any atom is -0.399 e. The number of nitrogen functional groups attached to an aromatic ring is 1. The van der Waals surface area contributed by atoms with Gasteiger partial charge in [-0.1, -0.05) is 24.3 Å². The van der Waals surface area contributed by atoms with Crippen molar-refractivity contribution in [1.29, 1.82) is 0 Å². The Kier molecular flexibility index (Phi) is 3.56. The van der Waals surface area contributed by atoms with Crippen LogP contribution in [0.1, 0.15) is 27.0 Å². The Hall–Kier alpha value is -2.29. The summed E-state index contributed by atoms with van der Waals surface area (Å²) in [6.45, 7) is 5.82. The lowest BCUT2D eigenvalue weighted by Gasteiger charge is -2.12. The van der Waals surface area contributed by atoms with Crippen LogP contribution in [0.3, 0.4) is 0 Å². The van der Waals surface area contributed by atoms with E-state index >= 15 is 0 Å². The first-order valence-electron chi connectivity index (χ1n) is 6.22. The Morgan fingerprint density at radius 2 is 1.63 bits per heavy atom. The number of amides is 1.